The summed E-state index contributed by atoms with van der Waals surface area (Å²) in [7, 11) is 1.74. The minimum absolute atomic E-state index is 0.0320. The molecule has 0 fully saturated rings. The molecule has 0 aliphatic carbocycles. The molecule has 2 amide bonds. The van der Waals surface area contributed by atoms with Crippen LogP contribution in [0.3, 0.4) is 0 Å². The van der Waals surface area contributed by atoms with Gasteiger partial charge in [-0.3, -0.25) is 14.6 Å². The van der Waals surface area contributed by atoms with Crippen molar-refractivity contribution in [3.05, 3.63) is 60.4 Å². The second kappa shape index (κ2) is 10.3. The molecule has 0 radical (unpaired) electrons. The molecular weight excluding hydrogens is 342 g/mol. The van der Waals surface area contributed by atoms with Crippen molar-refractivity contribution in [3.63, 3.8) is 0 Å². The van der Waals surface area contributed by atoms with Gasteiger partial charge in [-0.05, 0) is 30.2 Å². The molecule has 0 saturated heterocycles. The molecule has 6 heteroatoms. The third-order valence-electron chi connectivity index (χ3n) is 4.17. The van der Waals surface area contributed by atoms with Crippen LogP contribution in [0.1, 0.15) is 19.5 Å². The molecule has 0 aliphatic heterocycles. The van der Waals surface area contributed by atoms with E-state index in [0.717, 1.165) is 5.69 Å². The molecule has 1 aromatic carbocycles. The van der Waals surface area contributed by atoms with Crippen molar-refractivity contribution >= 4 is 11.8 Å². The summed E-state index contributed by atoms with van der Waals surface area (Å²) in [5.74, 6) is 0.154. The molecule has 2 aromatic rings. The van der Waals surface area contributed by atoms with Crippen molar-refractivity contribution in [3.8, 4) is 5.75 Å². The van der Waals surface area contributed by atoms with Gasteiger partial charge in [0.1, 0.15) is 11.8 Å². The standard InChI is InChI=1S/C21H27N3O3/c1-16(2)20(23-19(25)15-27-18-10-5-4-6-11-18)21(26)24(3)14-12-17-9-7-8-13-22-17/h4-11,13,16,20H,12,14-15H2,1-3H3,(H,23,25). The van der Waals surface area contributed by atoms with Gasteiger partial charge in [0.15, 0.2) is 6.61 Å². The van der Waals surface area contributed by atoms with Gasteiger partial charge in [0.05, 0.1) is 0 Å². The summed E-state index contributed by atoms with van der Waals surface area (Å²) in [6, 6.07) is 14.2. The number of nitrogens with one attached hydrogen (secondary N) is 1. The first-order chi connectivity index (χ1) is 13.0. The Labute approximate surface area is 160 Å². The summed E-state index contributed by atoms with van der Waals surface area (Å²) in [6.07, 6.45) is 2.40. The number of rotatable bonds is 9. The van der Waals surface area contributed by atoms with Crippen molar-refractivity contribution in [2.45, 2.75) is 26.3 Å². The highest BCUT2D eigenvalue weighted by atomic mass is 16.5. The number of hydrogen-bond donors (Lipinski definition) is 1. The molecule has 144 valence electrons. The lowest BCUT2D eigenvalue weighted by Gasteiger charge is -2.27. The van der Waals surface area contributed by atoms with Gasteiger partial charge in [0.25, 0.3) is 5.91 Å². The quantitative estimate of drug-likeness (QED) is 0.736. The largest absolute Gasteiger partial charge is 0.484 e. The van der Waals surface area contributed by atoms with Crippen molar-refractivity contribution < 1.29 is 14.3 Å². The van der Waals surface area contributed by atoms with E-state index in [2.05, 4.69) is 10.3 Å². The minimum atomic E-state index is -0.592. The number of likely N-dealkylation sites (N-methyl/N-ethyl adjacent to an activating group) is 1. The summed E-state index contributed by atoms with van der Waals surface area (Å²) in [5.41, 5.74) is 0.929. The molecule has 0 saturated carbocycles. The number of nitrogens with zero attached hydrogens (tertiary/aromatic N) is 2. The van der Waals surface area contributed by atoms with Crippen LogP contribution >= 0.6 is 0 Å². The summed E-state index contributed by atoms with van der Waals surface area (Å²) in [5, 5.41) is 2.79. The van der Waals surface area contributed by atoms with Crippen LogP contribution in [0.25, 0.3) is 0 Å². The van der Waals surface area contributed by atoms with Gasteiger partial charge in [0.2, 0.25) is 5.91 Å². The number of benzene rings is 1. The lowest BCUT2D eigenvalue weighted by Crippen LogP contribution is -2.51. The summed E-state index contributed by atoms with van der Waals surface area (Å²) in [4.78, 5) is 30.9. The molecule has 1 unspecified atom stereocenters. The van der Waals surface area contributed by atoms with E-state index in [1.807, 2.05) is 50.2 Å². The maximum absolute atomic E-state index is 12.8. The molecule has 6 nitrogen and oxygen atoms in total. The van der Waals surface area contributed by atoms with Gasteiger partial charge in [-0.2, -0.15) is 0 Å². The SMILES string of the molecule is CC(C)C(NC(=O)COc1ccccc1)C(=O)N(C)CCc1ccccn1. The van der Waals surface area contributed by atoms with Gasteiger partial charge in [-0.1, -0.05) is 38.1 Å². The molecule has 0 spiro atoms. The average molecular weight is 369 g/mol. The van der Waals surface area contributed by atoms with Crippen LogP contribution in [-0.4, -0.2) is 47.9 Å². The lowest BCUT2D eigenvalue weighted by molar-refractivity contribution is -0.137. The van der Waals surface area contributed by atoms with Crippen molar-refractivity contribution in [2.75, 3.05) is 20.2 Å². The zero-order chi connectivity index (χ0) is 19.6. The van der Waals surface area contributed by atoms with E-state index in [-0.39, 0.29) is 24.3 Å². The van der Waals surface area contributed by atoms with E-state index < -0.39 is 6.04 Å². The molecule has 0 bridgehead atoms. The highest BCUT2D eigenvalue weighted by molar-refractivity contribution is 5.88. The van der Waals surface area contributed by atoms with Crippen molar-refractivity contribution in [2.24, 2.45) is 5.92 Å². The van der Waals surface area contributed by atoms with E-state index in [1.165, 1.54) is 0 Å². The highest BCUT2D eigenvalue weighted by Gasteiger charge is 2.27. The molecule has 27 heavy (non-hydrogen) atoms. The van der Waals surface area contributed by atoms with Gasteiger partial charge in [-0.15, -0.1) is 0 Å². The second-order valence-corrected chi connectivity index (χ2v) is 6.72. The number of aromatic nitrogens is 1. The summed E-state index contributed by atoms with van der Waals surface area (Å²) < 4.78 is 5.45. The van der Waals surface area contributed by atoms with Gasteiger partial charge >= 0.3 is 0 Å². The molecule has 1 heterocycles. The first-order valence-electron chi connectivity index (χ1n) is 9.09. The Balaban J connectivity index is 1.86. The van der Waals surface area contributed by atoms with Gasteiger partial charge < -0.3 is 15.0 Å². The zero-order valence-corrected chi connectivity index (χ0v) is 16.1. The Morgan fingerprint density at radius 2 is 1.81 bits per heavy atom. The van der Waals surface area contributed by atoms with Crippen LogP contribution in [0.15, 0.2) is 54.7 Å². The smallest absolute Gasteiger partial charge is 0.258 e. The van der Waals surface area contributed by atoms with Crippen LogP contribution in [0.2, 0.25) is 0 Å². The van der Waals surface area contributed by atoms with Crippen molar-refractivity contribution in [1.29, 1.82) is 0 Å². The molecular formula is C21H27N3O3. The zero-order valence-electron chi connectivity index (χ0n) is 16.1. The minimum Gasteiger partial charge on any atom is -0.484 e. The number of pyridine rings is 1. The first kappa shape index (κ1) is 20.4. The molecule has 2 rings (SSSR count). The van der Waals surface area contributed by atoms with Gasteiger partial charge in [0, 0.05) is 31.9 Å². The van der Waals surface area contributed by atoms with Crippen LogP contribution in [0, 0.1) is 5.92 Å². The molecule has 1 aromatic heterocycles. The number of carbonyl (C=O) groups is 2. The van der Waals surface area contributed by atoms with E-state index in [4.69, 9.17) is 4.74 Å². The fraction of sp³-hybridized carbons (Fsp3) is 0.381. The number of para-hydroxylation sites is 1. The van der Waals surface area contributed by atoms with Crippen LogP contribution < -0.4 is 10.1 Å². The third kappa shape index (κ3) is 6.73. The van der Waals surface area contributed by atoms with E-state index in [1.54, 1.807) is 30.3 Å². The molecule has 0 aliphatic rings. The van der Waals surface area contributed by atoms with Gasteiger partial charge in [-0.25, -0.2) is 0 Å². The van der Waals surface area contributed by atoms with E-state index in [9.17, 15) is 9.59 Å². The van der Waals surface area contributed by atoms with E-state index >= 15 is 0 Å². The maximum Gasteiger partial charge on any atom is 0.258 e. The molecule has 1 N–H and O–H groups in total. The maximum atomic E-state index is 12.8. The fourth-order valence-electron chi connectivity index (χ4n) is 2.57. The lowest BCUT2D eigenvalue weighted by atomic mass is 10.0. The van der Waals surface area contributed by atoms with Crippen LogP contribution in [-0.2, 0) is 16.0 Å². The Bertz CT molecular complexity index is 720. The number of carbonyl (C=O) groups excluding carboxylic acids is 2. The monoisotopic (exact) mass is 369 g/mol. The van der Waals surface area contributed by atoms with Crippen LogP contribution in [0.4, 0.5) is 0 Å². The number of hydrogen-bond acceptors (Lipinski definition) is 4. The Morgan fingerprint density at radius 3 is 2.44 bits per heavy atom. The normalized spacial score (nSPS) is 11.7. The average Bonchev–Trinajstić information content (AvgIpc) is 2.69. The number of amides is 2. The first-order valence-corrected chi connectivity index (χ1v) is 9.09. The Kier molecular flexibility index (Phi) is 7.79. The number of ether oxygens (including phenoxy) is 1. The summed E-state index contributed by atoms with van der Waals surface area (Å²) >= 11 is 0. The predicted molar refractivity (Wildman–Crippen MR) is 104 cm³/mol. The Hall–Kier alpha value is -2.89. The molecule has 1 atom stereocenters. The van der Waals surface area contributed by atoms with Crippen LogP contribution in [0.5, 0.6) is 5.75 Å². The van der Waals surface area contributed by atoms with E-state index in [0.29, 0.717) is 18.7 Å². The topological polar surface area (TPSA) is 71.5 Å². The fourth-order valence-corrected chi connectivity index (χ4v) is 2.57. The highest BCUT2D eigenvalue weighted by Crippen LogP contribution is 2.09. The summed E-state index contributed by atoms with van der Waals surface area (Å²) in [6.45, 7) is 4.23. The third-order valence-corrected chi connectivity index (χ3v) is 4.17. The predicted octanol–water partition coefficient (Wildman–Crippen LogP) is 2.30. The second-order valence-electron chi connectivity index (χ2n) is 6.72. The van der Waals surface area contributed by atoms with Crippen molar-refractivity contribution in [1.82, 2.24) is 15.2 Å². The Morgan fingerprint density at radius 1 is 1.11 bits per heavy atom.